The second-order valence-corrected chi connectivity index (χ2v) is 5.33. The van der Waals surface area contributed by atoms with Crippen molar-refractivity contribution in [2.24, 2.45) is 0 Å². The molecule has 1 N–H and O–H groups in total. The van der Waals surface area contributed by atoms with Crippen LogP contribution in [-0.4, -0.2) is 13.1 Å². The minimum atomic E-state index is 0.569. The van der Waals surface area contributed by atoms with Crippen LogP contribution in [0, 0.1) is 0 Å². The van der Waals surface area contributed by atoms with Crippen LogP contribution in [0.4, 0.5) is 0 Å². The molecule has 1 aromatic heterocycles. The minimum absolute atomic E-state index is 0.569. The maximum Gasteiger partial charge on any atom is 0.0108 e. The first-order chi connectivity index (χ1) is 8.38. The van der Waals surface area contributed by atoms with E-state index in [2.05, 4.69) is 60.2 Å². The Labute approximate surface area is 108 Å². The number of thiophene rings is 1. The molecule has 0 aliphatic heterocycles. The molecule has 1 unspecified atom stereocenters. The maximum absolute atomic E-state index is 3.42. The first kappa shape index (κ1) is 12.3. The number of nitrogens with one attached hydrogen (secondary N) is 1. The van der Waals surface area contributed by atoms with Gasteiger partial charge >= 0.3 is 0 Å². The predicted molar refractivity (Wildman–Crippen MR) is 75.6 cm³/mol. The van der Waals surface area contributed by atoms with E-state index < -0.39 is 0 Å². The summed E-state index contributed by atoms with van der Waals surface area (Å²) in [6.45, 7) is 0. The van der Waals surface area contributed by atoms with Crippen molar-refractivity contribution >= 4 is 11.3 Å². The van der Waals surface area contributed by atoms with E-state index in [1.807, 2.05) is 11.3 Å². The summed E-state index contributed by atoms with van der Waals surface area (Å²) in [6.07, 6.45) is 3.49. The Morgan fingerprint density at radius 2 is 1.94 bits per heavy atom. The zero-order valence-electron chi connectivity index (χ0n) is 10.2. The normalized spacial score (nSPS) is 12.5. The zero-order chi connectivity index (χ0) is 11.9. The lowest BCUT2D eigenvalue weighted by Gasteiger charge is -2.15. The van der Waals surface area contributed by atoms with Gasteiger partial charge in [-0.1, -0.05) is 36.4 Å². The van der Waals surface area contributed by atoms with Crippen LogP contribution < -0.4 is 5.32 Å². The fraction of sp³-hybridized carbons (Fsp3) is 0.333. The summed E-state index contributed by atoms with van der Waals surface area (Å²) in [5.41, 5.74) is 1.41. The molecule has 0 saturated carbocycles. The van der Waals surface area contributed by atoms with Gasteiger partial charge in [-0.3, -0.25) is 0 Å². The summed E-state index contributed by atoms with van der Waals surface area (Å²) < 4.78 is 0. The predicted octanol–water partition coefficient (Wildman–Crippen LogP) is 3.51. The molecule has 0 aliphatic rings. The molecule has 0 bridgehead atoms. The van der Waals surface area contributed by atoms with Gasteiger partial charge in [0.05, 0.1) is 0 Å². The van der Waals surface area contributed by atoms with E-state index in [-0.39, 0.29) is 0 Å². The van der Waals surface area contributed by atoms with Crippen molar-refractivity contribution in [3.05, 3.63) is 58.3 Å². The highest BCUT2D eigenvalue weighted by Crippen LogP contribution is 2.14. The molecule has 0 aliphatic carbocycles. The van der Waals surface area contributed by atoms with Gasteiger partial charge in [0.2, 0.25) is 0 Å². The Bertz CT molecular complexity index is 408. The second kappa shape index (κ2) is 6.58. The van der Waals surface area contributed by atoms with Gasteiger partial charge in [0.25, 0.3) is 0 Å². The summed E-state index contributed by atoms with van der Waals surface area (Å²) in [5.74, 6) is 0. The van der Waals surface area contributed by atoms with E-state index in [1.165, 1.54) is 23.3 Å². The SMILES string of the molecule is CNC(CCc1cccs1)Cc1ccccc1. The van der Waals surface area contributed by atoms with Crippen molar-refractivity contribution in [1.82, 2.24) is 5.32 Å². The molecule has 1 nitrogen and oxygen atoms in total. The van der Waals surface area contributed by atoms with Crippen molar-refractivity contribution in [2.75, 3.05) is 7.05 Å². The molecule has 17 heavy (non-hydrogen) atoms. The monoisotopic (exact) mass is 245 g/mol. The van der Waals surface area contributed by atoms with Crippen LogP contribution in [0.25, 0.3) is 0 Å². The van der Waals surface area contributed by atoms with Gasteiger partial charge in [0.15, 0.2) is 0 Å². The Morgan fingerprint density at radius 3 is 2.59 bits per heavy atom. The molecular weight excluding hydrogens is 226 g/mol. The van der Waals surface area contributed by atoms with Crippen molar-refractivity contribution in [3.63, 3.8) is 0 Å². The molecule has 2 heteroatoms. The Balaban J connectivity index is 1.85. The van der Waals surface area contributed by atoms with Gasteiger partial charge in [-0.2, -0.15) is 0 Å². The van der Waals surface area contributed by atoms with Gasteiger partial charge in [-0.15, -0.1) is 11.3 Å². The Hall–Kier alpha value is -1.12. The van der Waals surface area contributed by atoms with Crippen LogP contribution >= 0.6 is 11.3 Å². The molecule has 0 fully saturated rings. The number of hydrogen-bond acceptors (Lipinski definition) is 2. The molecule has 1 aromatic carbocycles. The molecule has 2 rings (SSSR count). The van der Waals surface area contributed by atoms with Crippen molar-refractivity contribution in [3.8, 4) is 0 Å². The maximum atomic E-state index is 3.42. The number of likely N-dealkylation sites (N-methyl/N-ethyl adjacent to an activating group) is 1. The summed E-state index contributed by atoms with van der Waals surface area (Å²) in [5, 5.41) is 5.57. The average molecular weight is 245 g/mol. The number of hydrogen-bond donors (Lipinski definition) is 1. The highest BCUT2D eigenvalue weighted by molar-refractivity contribution is 7.09. The van der Waals surface area contributed by atoms with Gasteiger partial charge in [0.1, 0.15) is 0 Å². The fourth-order valence-corrected chi connectivity index (χ4v) is 2.74. The quantitative estimate of drug-likeness (QED) is 0.821. The van der Waals surface area contributed by atoms with Gasteiger partial charge < -0.3 is 5.32 Å². The molecule has 1 atom stereocenters. The van der Waals surface area contributed by atoms with E-state index in [0.717, 1.165) is 6.42 Å². The smallest absolute Gasteiger partial charge is 0.0108 e. The number of aryl methyl sites for hydroxylation is 1. The molecule has 1 heterocycles. The van der Waals surface area contributed by atoms with Crippen molar-refractivity contribution < 1.29 is 0 Å². The van der Waals surface area contributed by atoms with Crippen molar-refractivity contribution in [2.45, 2.75) is 25.3 Å². The van der Waals surface area contributed by atoms with Gasteiger partial charge in [-0.25, -0.2) is 0 Å². The van der Waals surface area contributed by atoms with E-state index in [1.54, 1.807) is 0 Å². The lowest BCUT2D eigenvalue weighted by Crippen LogP contribution is -2.28. The van der Waals surface area contributed by atoms with Gasteiger partial charge in [0, 0.05) is 10.9 Å². The number of benzene rings is 1. The molecule has 0 radical (unpaired) electrons. The van der Waals surface area contributed by atoms with E-state index in [0.29, 0.717) is 6.04 Å². The summed E-state index contributed by atoms with van der Waals surface area (Å²) in [7, 11) is 2.06. The van der Waals surface area contributed by atoms with E-state index >= 15 is 0 Å². The first-order valence-electron chi connectivity index (χ1n) is 6.12. The molecule has 0 spiro atoms. The van der Waals surface area contributed by atoms with Crippen LogP contribution in [0.3, 0.4) is 0 Å². The Kier molecular flexibility index (Phi) is 4.77. The summed E-state index contributed by atoms with van der Waals surface area (Å²) in [4.78, 5) is 1.48. The van der Waals surface area contributed by atoms with Gasteiger partial charge in [-0.05, 0) is 43.3 Å². The summed E-state index contributed by atoms with van der Waals surface area (Å²) >= 11 is 1.85. The third-order valence-corrected chi connectivity index (χ3v) is 3.99. The molecule has 2 aromatic rings. The standard InChI is InChI=1S/C15H19NS/c1-16-14(9-10-15-8-5-11-17-15)12-13-6-3-2-4-7-13/h2-8,11,14,16H,9-10,12H2,1H3. The van der Waals surface area contributed by atoms with Crippen LogP contribution in [0.2, 0.25) is 0 Å². The van der Waals surface area contributed by atoms with Crippen LogP contribution in [-0.2, 0) is 12.8 Å². The minimum Gasteiger partial charge on any atom is -0.317 e. The average Bonchev–Trinajstić information content (AvgIpc) is 2.89. The third-order valence-electron chi connectivity index (χ3n) is 3.05. The van der Waals surface area contributed by atoms with Crippen LogP contribution in [0.1, 0.15) is 16.9 Å². The molecule has 0 saturated heterocycles. The fourth-order valence-electron chi connectivity index (χ4n) is 2.02. The highest BCUT2D eigenvalue weighted by atomic mass is 32.1. The van der Waals surface area contributed by atoms with Crippen LogP contribution in [0.5, 0.6) is 0 Å². The largest absolute Gasteiger partial charge is 0.317 e. The molecule has 0 amide bonds. The van der Waals surface area contributed by atoms with E-state index in [9.17, 15) is 0 Å². The lowest BCUT2D eigenvalue weighted by molar-refractivity contribution is 0.522. The van der Waals surface area contributed by atoms with Crippen LogP contribution in [0.15, 0.2) is 47.8 Å². The third kappa shape index (κ3) is 3.99. The first-order valence-corrected chi connectivity index (χ1v) is 7.00. The lowest BCUT2D eigenvalue weighted by atomic mass is 10.0. The topological polar surface area (TPSA) is 12.0 Å². The number of rotatable bonds is 6. The second-order valence-electron chi connectivity index (χ2n) is 4.29. The molecule has 90 valence electrons. The highest BCUT2D eigenvalue weighted by Gasteiger charge is 2.07. The van der Waals surface area contributed by atoms with E-state index in [4.69, 9.17) is 0 Å². The zero-order valence-corrected chi connectivity index (χ0v) is 11.0. The molecular formula is C15H19NS. The summed E-state index contributed by atoms with van der Waals surface area (Å²) in [6, 6.07) is 15.6. The van der Waals surface area contributed by atoms with Crippen molar-refractivity contribution in [1.29, 1.82) is 0 Å². The Morgan fingerprint density at radius 1 is 1.12 bits per heavy atom.